The largest absolute Gasteiger partial charge is 0.496 e. The summed E-state index contributed by atoms with van der Waals surface area (Å²) >= 11 is 0. The monoisotopic (exact) mass is 464 g/mol. The molecule has 0 aliphatic carbocycles. The quantitative estimate of drug-likeness (QED) is 0.289. The highest BCUT2D eigenvalue weighted by Gasteiger charge is 2.31. The van der Waals surface area contributed by atoms with Crippen LogP contribution in [-0.2, 0) is 0 Å². The van der Waals surface area contributed by atoms with Gasteiger partial charge in [-0.15, -0.1) is 0 Å². The van der Waals surface area contributed by atoms with Crippen molar-refractivity contribution in [3.05, 3.63) is 82.4 Å². The summed E-state index contributed by atoms with van der Waals surface area (Å²) in [6.45, 7) is 1.65. The Morgan fingerprint density at radius 2 is 1.59 bits per heavy atom. The predicted octanol–water partition coefficient (Wildman–Crippen LogP) is 5.00. The van der Waals surface area contributed by atoms with Gasteiger partial charge in [-0.2, -0.15) is 0 Å². The number of hydrogen-bond donors (Lipinski definition) is 0. The van der Waals surface area contributed by atoms with Gasteiger partial charge in [0.05, 0.1) is 32.5 Å². The molecule has 1 aliphatic heterocycles. The van der Waals surface area contributed by atoms with Gasteiger partial charge >= 0.3 is 5.97 Å². The molecule has 174 valence electrons. The van der Waals surface area contributed by atoms with Crippen molar-refractivity contribution in [1.82, 2.24) is 0 Å². The summed E-state index contributed by atoms with van der Waals surface area (Å²) in [5, 5.41) is 0. The van der Waals surface area contributed by atoms with Crippen molar-refractivity contribution in [2.24, 2.45) is 0 Å². The second-order valence-corrected chi connectivity index (χ2v) is 7.32. The van der Waals surface area contributed by atoms with E-state index in [2.05, 4.69) is 0 Å². The lowest BCUT2D eigenvalue weighted by Gasteiger charge is -2.12. The fourth-order valence-corrected chi connectivity index (χ4v) is 3.57. The minimum Gasteiger partial charge on any atom is -0.496 e. The van der Waals surface area contributed by atoms with E-state index < -0.39 is 11.8 Å². The van der Waals surface area contributed by atoms with Crippen LogP contribution in [0.4, 0.5) is 4.39 Å². The molecule has 3 aromatic carbocycles. The van der Waals surface area contributed by atoms with E-state index in [1.165, 1.54) is 63.8 Å². The molecule has 34 heavy (non-hydrogen) atoms. The number of rotatable bonds is 6. The van der Waals surface area contributed by atoms with Crippen LogP contribution in [0, 0.1) is 12.7 Å². The number of methoxy groups -OCH3 is 3. The Kier molecular flexibility index (Phi) is 6.23. The molecule has 3 aromatic rings. The molecule has 0 amide bonds. The molecule has 0 aromatic heterocycles. The Hall–Kier alpha value is -4.33. The van der Waals surface area contributed by atoms with Crippen molar-refractivity contribution in [1.29, 1.82) is 0 Å². The number of ether oxygens (including phenoxy) is 5. The summed E-state index contributed by atoms with van der Waals surface area (Å²) in [7, 11) is 4.51. The van der Waals surface area contributed by atoms with E-state index in [1.54, 1.807) is 19.1 Å². The average Bonchev–Trinajstić information content (AvgIpc) is 3.16. The number of fused-ring (bicyclic) bond motifs is 1. The van der Waals surface area contributed by atoms with Crippen LogP contribution in [-0.4, -0.2) is 33.1 Å². The third-order valence-corrected chi connectivity index (χ3v) is 5.36. The molecule has 1 heterocycles. The first-order valence-electron chi connectivity index (χ1n) is 10.2. The maximum Gasteiger partial charge on any atom is 0.346 e. The second kappa shape index (κ2) is 9.27. The lowest BCUT2D eigenvalue weighted by Crippen LogP contribution is -2.11. The molecule has 4 rings (SSSR count). The van der Waals surface area contributed by atoms with Crippen LogP contribution in [0.3, 0.4) is 0 Å². The highest BCUT2D eigenvalue weighted by atomic mass is 19.1. The number of Topliss-reactive ketones (excluding diaryl/α,β-unsaturated/α-hetero) is 1. The van der Waals surface area contributed by atoms with Gasteiger partial charge in [-0.3, -0.25) is 4.79 Å². The first-order chi connectivity index (χ1) is 16.4. The molecule has 1 aliphatic rings. The molecular weight excluding hydrogens is 443 g/mol. The maximum absolute atomic E-state index is 13.9. The minimum atomic E-state index is -0.851. The molecule has 0 saturated carbocycles. The summed E-state index contributed by atoms with van der Waals surface area (Å²) in [5.41, 5.74) is 1.09. The maximum atomic E-state index is 13.9. The molecule has 0 radical (unpaired) electrons. The Balaban J connectivity index is 1.66. The van der Waals surface area contributed by atoms with Crippen molar-refractivity contribution in [2.45, 2.75) is 6.92 Å². The van der Waals surface area contributed by atoms with Gasteiger partial charge in [0.25, 0.3) is 0 Å². The first-order valence-corrected chi connectivity index (χ1v) is 10.2. The Morgan fingerprint density at radius 3 is 2.26 bits per heavy atom. The van der Waals surface area contributed by atoms with E-state index >= 15 is 0 Å². The van der Waals surface area contributed by atoms with Gasteiger partial charge in [-0.05, 0) is 43.3 Å². The third kappa shape index (κ3) is 4.05. The highest BCUT2D eigenvalue weighted by Crippen LogP contribution is 2.41. The fraction of sp³-hybridized carbons (Fsp3) is 0.154. The topological polar surface area (TPSA) is 80.3 Å². The zero-order chi connectivity index (χ0) is 24.4. The van der Waals surface area contributed by atoms with Crippen molar-refractivity contribution >= 4 is 17.8 Å². The van der Waals surface area contributed by atoms with Gasteiger partial charge < -0.3 is 23.7 Å². The van der Waals surface area contributed by atoms with Gasteiger partial charge in [0.15, 0.2) is 17.3 Å². The SMILES string of the molecule is COc1cc(OC)c(OC)cc1/C=C1\Oc2c(ccc(OC(=O)c3ccccc3F)c2C)C1=O. The van der Waals surface area contributed by atoms with Crippen LogP contribution < -0.4 is 23.7 Å². The van der Waals surface area contributed by atoms with Gasteiger partial charge in [0.2, 0.25) is 5.78 Å². The number of hydrogen-bond acceptors (Lipinski definition) is 7. The van der Waals surface area contributed by atoms with Crippen molar-refractivity contribution in [2.75, 3.05) is 21.3 Å². The summed E-state index contributed by atoms with van der Waals surface area (Å²) in [6.07, 6.45) is 1.54. The van der Waals surface area contributed by atoms with Crippen LogP contribution >= 0.6 is 0 Å². The fourth-order valence-electron chi connectivity index (χ4n) is 3.57. The van der Waals surface area contributed by atoms with Crippen molar-refractivity contribution in [3.63, 3.8) is 0 Å². The van der Waals surface area contributed by atoms with E-state index in [9.17, 15) is 14.0 Å². The number of esters is 1. The summed E-state index contributed by atoms with van der Waals surface area (Å²) in [6, 6.07) is 11.8. The van der Waals surface area contributed by atoms with E-state index in [4.69, 9.17) is 23.7 Å². The summed E-state index contributed by atoms with van der Waals surface area (Å²) in [5.74, 6) is -0.0310. The molecule has 0 fully saturated rings. The number of benzene rings is 3. The van der Waals surface area contributed by atoms with Crippen LogP contribution in [0.1, 0.15) is 31.8 Å². The molecule has 0 saturated heterocycles. The van der Waals surface area contributed by atoms with Crippen LogP contribution in [0.25, 0.3) is 6.08 Å². The standard InChI is InChI=1S/C26H21FO7/c1-14-19(34-26(29)16-7-5-6-8-18(16)27)10-9-17-24(28)23(33-25(14)17)12-15-11-21(31-3)22(32-4)13-20(15)30-2/h5-13H,1-4H3/b23-12-. The molecule has 0 bridgehead atoms. The predicted molar refractivity (Wildman–Crippen MR) is 122 cm³/mol. The number of halogens is 1. The third-order valence-electron chi connectivity index (χ3n) is 5.36. The van der Waals surface area contributed by atoms with Gasteiger partial charge in [-0.25, -0.2) is 9.18 Å². The summed E-state index contributed by atoms with van der Waals surface area (Å²) in [4.78, 5) is 25.4. The smallest absolute Gasteiger partial charge is 0.346 e. The van der Waals surface area contributed by atoms with E-state index in [-0.39, 0.29) is 28.6 Å². The van der Waals surface area contributed by atoms with Crippen LogP contribution in [0.15, 0.2) is 54.3 Å². The van der Waals surface area contributed by atoms with E-state index in [0.717, 1.165) is 0 Å². The lowest BCUT2D eigenvalue weighted by atomic mass is 10.1. The molecule has 0 N–H and O–H groups in total. The Morgan fingerprint density at radius 1 is 0.912 bits per heavy atom. The molecule has 0 spiro atoms. The van der Waals surface area contributed by atoms with Gasteiger partial charge in [0.1, 0.15) is 23.1 Å². The summed E-state index contributed by atoms with van der Waals surface area (Å²) < 4.78 is 41.2. The Bertz CT molecular complexity index is 1330. The highest BCUT2D eigenvalue weighted by molar-refractivity contribution is 6.15. The normalized spacial score (nSPS) is 13.3. The molecule has 0 unspecified atom stereocenters. The Labute approximate surface area is 195 Å². The molecule has 7 nitrogen and oxygen atoms in total. The van der Waals surface area contributed by atoms with Crippen molar-refractivity contribution in [3.8, 4) is 28.7 Å². The number of carbonyl (C=O) groups excluding carboxylic acids is 2. The molecule has 0 atom stereocenters. The minimum absolute atomic E-state index is 0.0567. The second-order valence-electron chi connectivity index (χ2n) is 7.32. The van der Waals surface area contributed by atoms with Crippen LogP contribution in [0.5, 0.6) is 28.7 Å². The van der Waals surface area contributed by atoms with Crippen molar-refractivity contribution < 1.29 is 37.7 Å². The first kappa shape index (κ1) is 22.8. The van der Waals surface area contributed by atoms with Crippen LogP contribution in [0.2, 0.25) is 0 Å². The molecular formula is C26H21FO7. The number of carbonyl (C=O) groups is 2. The number of ketones is 1. The zero-order valence-corrected chi connectivity index (χ0v) is 18.9. The molecule has 8 heteroatoms. The zero-order valence-electron chi connectivity index (χ0n) is 18.9. The van der Waals surface area contributed by atoms with E-state index in [0.29, 0.717) is 33.9 Å². The number of allylic oxidation sites excluding steroid dienone is 1. The van der Waals surface area contributed by atoms with Gasteiger partial charge in [0, 0.05) is 17.2 Å². The van der Waals surface area contributed by atoms with Gasteiger partial charge in [-0.1, -0.05) is 12.1 Å². The average molecular weight is 464 g/mol. The van der Waals surface area contributed by atoms with E-state index in [1.807, 2.05) is 0 Å². The lowest BCUT2D eigenvalue weighted by molar-refractivity contribution is 0.0728.